The molecule has 0 aromatic heterocycles. The van der Waals surface area contributed by atoms with Gasteiger partial charge in [0.2, 0.25) is 0 Å². The molecular weight excluding hydrogens is 331 g/mol. The summed E-state index contributed by atoms with van der Waals surface area (Å²) in [6, 6.07) is 10.7. The molecule has 0 saturated carbocycles. The highest BCUT2D eigenvalue weighted by molar-refractivity contribution is 7.90. The molecule has 24 heavy (non-hydrogen) atoms. The summed E-state index contributed by atoms with van der Waals surface area (Å²) in [5.74, 6) is -1.00. The summed E-state index contributed by atoms with van der Waals surface area (Å²) in [5.41, 5.74) is 2.40. The molecule has 1 atom stereocenters. The molecule has 2 aromatic carbocycles. The van der Waals surface area contributed by atoms with Crippen molar-refractivity contribution in [2.45, 2.75) is 30.3 Å². The quantitative estimate of drug-likeness (QED) is 0.797. The number of fused-ring (bicyclic) bond motifs is 1. The summed E-state index contributed by atoms with van der Waals surface area (Å²) in [6.07, 6.45) is 2.42. The maximum atomic E-state index is 13.2. The standard InChI is InChI=1S/C18H17FO4S/c1-24(21,22)15-6-2-12(3-7-15)11-23-18(20)17-8-4-13-10-14(19)5-9-16(13)17/h2-3,5-7,9-10,17H,4,8,11H2,1H3. The van der Waals surface area contributed by atoms with Crippen molar-refractivity contribution in [2.24, 2.45) is 0 Å². The third-order valence-electron chi connectivity index (χ3n) is 4.20. The van der Waals surface area contributed by atoms with Gasteiger partial charge in [0.1, 0.15) is 12.4 Å². The molecule has 0 spiro atoms. The number of hydrogen-bond acceptors (Lipinski definition) is 4. The predicted molar refractivity (Wildman–Crippen MR) is 86.8 cm³/mol. The Morgan fingerprint density at radius 1 is 1.21 bits per heavy atom. The van der Waals surface area contributed by atoms with Crippen molar-refractivity contribution in [3.8, 4) is 0 Å². The Bertz CT molecular complexity index is 872. The normalized spacial score (nSPS) is 16.7. The zero-order valence-corrected chi connectivity index (χ0v) is 14.0. The van der Waals surface area contributed by atoms with Crippen molar-refractivity contribution >= 4 is 15.8 Å². The van der Waals surface area contributed by atoms with Gasteiger partial charge in [-0.05, 0) is 53.8 Å². The van der Waals surface area contributed by atoms with Gasteiger partial charge in [-0.2, -0.15) is 0 Å². The van der Waals surface area contributed by atoms with E-state index < -0.39 is 9.84 Å². The molecule has 0 amide bonds. The summed E-state index contributed by atoms with van der Waals surface area (Å²) in [6.45, 7) is 0.0793. The number of carbonyl (C=O) groups excluding carboxylic acids is 1. The molecule has 4 nitrogen and oxygen atoms in total. The van der Waals surface area contributed by atoms with Crippen LogP contribution in [0.15, 0.2) is 47.4 Å². The van der Waals surface area contributed by atoms with E-state index in [4.69, 9.17) is 4.74 Å². The van der Waals surface area contributed by atoms with Crippen molar-refractivity contribution in [1.82, 2.24) is 0 Å². The highest BCUT2D eigenvalue weighted by atomic mass is 32.2. The summed E-state index contributed by atoms with van der Waals surface area (Å²) < 4.78 is 41.4. The maximum absolute atomic E-state index is 13.2. The van der Waals surface area contributed by atoms with E-state index in [-0.39, 0.29) is 29.2 Å². The molecule has 0 heterocycles. The van der Waals surface area contributed by atoms with E-state index in [1.54, 1.807) is 18.2 Å². The number of rotatable bonds is 4. The first kappa shape index (κ1) is 16.6. The van der Waals surface area contributed by atoms with Gasteiger partial charge in [0.15, 0.2) is 9.84 Å². The maximum Gasteiger partial charge on any atom is 0.313 e. The topological polar surface area (TPSA) is 60.4 Å². The minimum Gasteiger partial charge on any atom is -0.460 e. The van der Waals surface area contributed by atoms with Crippen LogP contribution in [-0.4, -0.2) is 20.6 Å². The lowest BCUT2D eigenvalue weighted by atomic mass is 10.0. The van der Waals surface area contributed by atoms with Crippen molar-refractivity contribution < 1.29 is 22.3 Å². The summed E-state index contributed by atoms with van der Waals surface area (Å²) in [5, 5.41) is 0. The second-order valence-electron chi connectivity index (χ2n) is 5.96. The van der Waals surface area contributed by atoms with Crippen molar-refractivity contribution in [3.05, 3.63) is 65.0 Å². The van der Waals surface area contributed by atoms with Crippen LogP contribution >= 0.6 is 0 Å². The number of hydrogen-bond donors (Lipinski definition) is 0. The van der Waals surface area contributed by atoms with Crippen molar-refractivity contribution in [2.75, 3.05) is 6.26 Å². The van der Waals surface area contributed by atoms with Crippen LogP contribution in [-0.2, 0) is 32.4 Å². The van der Waals surface area contributed by atoms with Gasteiger partial charge < -0.3 is 4.74 Å². The molecule has 0 fully saturated rings. The van der Waals surface area contributed by atoms with Crippen LogP contribution in [0.1, 0.15) is 29.0 Å². The van der Waals surface area contributed by atoms with E-state index in [0.29, 0.717) is 18.4 Å². The third-order valence-corrected chi connectivity index (χ3v) is 5.33. The Kier molecular flexibility index (Phi) is 4.41. The summed E-state index contributed by atoms with van der Waals surface area (Å²) in [7, 11) is -3.24. The Morgan fingerprint density at radius 3 is 2.58 bits per heavy atom. The Balaban J connectivity index is 1.65. The van der Waals surface area contributed by atoms with Gasteiger partial charge in [-0.25, -0.2) is 12.8 Å². The molecule has 0 saturated heterocycles. The SMILES string of the molecule is CS(=O)(=O)c1ccc(COC(=O)C2CCc3cc(F)ccc32)cc1. The number of aryl methyl sites for hydroxylation is 1. The van der Waals surface area contributed by atoms with Gasteiger partial charge in [-0.3, -0.25) is 4.79 Å². The second kappa shape index (κ2) is 6.36. The van der Waals surface area contributed by atoms with Gasteiger partial charge >= 0.3 is 5.97 Å². The van der Waals surface area contributed by atoms with Gasteiger partial charge in [-0.1, -0.05) is 18.2 Å². The van der Waals surface area contributed by atoms with E-state index in [9.17, 15) is 17.6 Å². The number of esters is 1. The van der Waals surface area contributed by atoms with Gasteiger partial charge in [0.25, 0.3) is 0 Å². The molecule has 0 radical (unpaired) electrons. The lowest BCUT2D eigenvalue weighted by Gasteiger charge is -2.12. The van der Waals surface area contributed by atoms with Crippen LogP contribution in [0.2, 0.25) is 0 Å². The van der Waals surface area contributed by atoms with E-state index in [1.807, 2.05) is 0 Å². The van der Waals surface area contributed by atoms with Gasteiger partial charge in [-0.15, -0.1) is 0 Å². The first-order chi connectivity index (χ1) is 11.3. The van der Waals surface area contributed by atoms with Crippen molar-refractivity contribution in [1.29, 1.82) is 0 Å². The first-order valence-electron chi connectivity index (χ1n) is 7.58. The van der Waals surface area contributed by atoms with Crippen LogP contribution in [0.3, 0.4) is 0 Å². The molecular formula is C18H17FO4S. The molecule has 0 bridgehead atoms. The van der Waals surface area contributed by atoms with E-state index in [2.05, 4.69) is 0 Å². The summed E-state index contributed by atoms with van der Waals surface area (Å²) in [4.78, 5) is 12.5. The summed E-state index contributed by atoms with van der Waals surface area (Å²) >= 11 is 0. The van der Waals surface area contributed by atoms with E-state index in [0.717, 1.165) is 17.4 Å². The Hall–Kier alpha value is -2.21. The fourth-order valence-corrected chi connectivity index (χ4v) is 3.55. The monoisotopic (exact) mass is 348 g/mol. The zero-order valence-electron chi connectivity index (χ0n) is 13.2. The third kappa shape index (κ3) is 3.48. The van der Waals surface area contributed by atoms with Crippen LogP contribution < -0.4 is 0 Å². The lowest BCUT2D eigenvalue weighted by molar-refractivity contribution is -0.146. The predicted octanol–water partition coefficient (Wildman–Crippen LogP) is 3.00. The second-order valence-corrected chi connectivity index (χ2v) is 7.97. The van der Waals surface area contributed by atoms with Crippen LogP contribution in [0.25, 0.3) is 0 Å². The highest BCUT2D eigenvalue weighted by Crippen LogP contribution is 2.34. The number of halogens is 1. The largest absolute Gasteiger partial charge is 0.460 e. The molecule has 3 rings (SSSR count). The van der Waals surface area contributed by atoms with Crippen molar-refractivity contribution in [3.63, 3.8) is 0 Å². The number of benzene rings is 2. The molecule has 1 aliphatic rings. The van der Waals surface area contributed by atoms with Gasteiger partial charge in [0, 0.05) is 6.26 Å². The molecule has 126 valence electrons. The number of ether oxygens (including phenoxy) is 1. The first-order valence-corrected chi connectivity index (χ1v) is 9.48. The Labute approximate surface area is 140 Å². The van der Waals surface area contributed by atoms with E-state index >= 15 is 0 Å². The fourth-order valence-electron chi connectivity index (χ4n) is 2.92. The van der Waals surface area contributed by atoms with Crippen LogP contribution in [0.5, 0.6) is 0 Å². The molecule has 6 heteroatoms. The average molecular weight is 348 g/mol. The average Bonchev–Trinajstić information content (AvgIpc) is 2.95. The Morgan fingerprint density at radius 2 is 1.92 bits per heavy atom. The molecule has 0 N–H and O–H groups in total. The van der Waals surface area contributed by atoms with Gasteiger partial charge in [0.05, 0.1) is 10.8 Å². The van der Waals surface area contributed by atoms with E-state index in [1.165, 1.54) is 24.3 Å². The number of sulfone groups is 1. The highest BCUT2D eigenvalue weighted by Gasteiger charge is 2.30. The molecule has 0 aliphatic heterocycles. The van der Waals surface area contributed by atoms with Crippen LogP contribution in [0.4, 0.5) is 4.39 Å². The lowest BCUT2D eigenvalue weighted by Crippen LogP contribution is -2.13. The zero-order chi connectivity index (χ0) is 17.3. The number of carbonyl (C=O) groups is 1. The minimum absolute atomic E-state index is 0.0793. The fraction of sp³-hybridized carbons (Fsp3) is 0.278. The minimum atomic E-state index is -3.24. The molecule has 1 aliphatic carbocycles. The molecule has 1 unspecified atom stereocenters. The van der Waals surface area contributed by atoms with Crippen LogP contribution in [0, 0.1) is 5.82 Å². The smallest absolute Gasteiger partial charge is 0.313 e. The molecule has 2 aromatic rings.